The third kappa shape index (κ3) is 3.83. The Morgan fingerprint density at radius 2 is 2.50 bits per heavy atom. The Morgan fingerprint density at radius 1 is 1.90 bits per heavy atom. The summed E-state index contributed by atoms with van der Waals surface area (Å²) in [4.78, 5) is 10.4. The quantitative estimate of drug-likeness (QED) is 0.258. The van der Waals surface area contributed by atoms with Crippen molar-refractivity contribution in [3.63, 3.8) is 0 Å². The molecule has 0 aliphatic heterocycles. The van der Waals surface area contributed by atoms with E-state index >= 15 is 0 Å². The van der Waals surface area contributed by atoms with Crippen LogP contribution in [0.1, 0.15) is 12.8 Å². The van der Waals surface area contributed by atoms with Crippen molar-refractivity contribution in [1.82, 2.24) is 5.43 Å². The van der Waals surface area contributed by atoms with Crippen LogP contribution >= 0.6 is 0 Å². The van der Waals surface area contributed by atoms with Crippen LogP contribution < -0.4 is 11.3 Å². The van der Waals surface area contributed by atoms with Crippen molar-refractivity contribution in [2.45, 2.75) is 18.9 Å². The third-order valence-corrected chi connectivity index (χ3v) is 0.909. The van der Waals surface area contributed by atoms with E-state index in [-0.39, 0.29) is 12.8 Å². The van der Waals surface area contributed by atoms with Crippen LogP contribution in [-0.4, -0.2) is 17.1 Å². The van der Waals surface area contributed by atoms with Gasteiger partial charge >= 0.3 is 0 Å². The molecule has 5 nitrogen and oxygen atoms in total. The van der Waals surface area contributed by atoms with E-state index in [2.05, 4.69) is 0 Å². The van der Waals surface area contributed by atoms with Gasteiger partial charge in [0.05, 0.1) is 25.0 Å². The second-order valence-corrected chi connectivity index (χ2v) is 1.79. The summed E-state index contributed by atoms with van der Waals surface area (Å²) in [6, 6.07) is 1.73. The number of rotatable bonds is 3. The fourth-order valence-corrected chi connectivity index (χ4v) is 0.450. The molecule has 0 heterocycles. The van der Waals surface area contributed by atoms with Crippen LogP contribution in [0.2, 0.25) is 0 Å². The van der Waals surface area contributed by atoms with E-state index in [1.807, 2.05) is 5.43 Å². The number of hydrogen-bond donors (Lipinski definition) is 3. The number of carbonyl (C=O) groups excluding carboxylic acids is 1. The summed E-state index contributed by atoms with van der Waals surface area (Å²) in [6.07, 6.45) is -1.08. The van der Waals surface area contributed by atoms with Gasteiger partial charge in [-0.15, -0.1) is 0 Å². The van der Waals surface area contributed by atoms with Crippen LogP contribution in [0.5, 0.6) is 0 Å². The van der Waals surface area contributed by atoms with E-state index in [1.165, 1.54) is 0 Å². The molecule has 1 atom stereocenters. The van der Waals surface area contributed by atoms with Crippen LogP contribution in [0.25, 0.3) is 0 Å². The molecule has 5 heteroatoms. The van der Waals surface area contributed by atoms with Crippen molar-refractivity contribution in [2.75, 3.05) is 0 Å². The fourth-order valence-electron chi connectivity index (χ4n) is 0.450. The fraction of sp³-hybridized carbons (Fsp3) is 0.600. The van der Waals surface area contributed by atoms with Gasteiger partial charge in [0.25, 0.3) is 0 Å². The minimum Gasteiger partial charge on any atom is -0.392 e. The van der Waals surface area contributed by atoms with Crippen molar-refractivity contribution < 1.29 is 9.90 Å². The zero-order valence-corrected chi connectivity index (χ0v) is 5.37. The highest BCUT2D eigenvalue weighted by Gasteiger charge is 2.07. The Hall–Kier alpha value is -1.12. The van der Waals surface area contributed by atoms with Crippen LogP contribution in [-0.2, 0) is 4.79 Å². The number of nitriles is 1. The Labute approximate surface area is 58.4 Å². The van der Waals surface area contributed by atoms with Crippen LogP contribution in [0.15, 0.2) is 0 Å². The normalized spacial score (nSPS) is 11.7. The van der Waals surface area contributed by atoms with Crippen LogP contribution in [0, 0.1) is 11.3 Å². The molecule has 10 heavy (non-hydrogen) atoms. The lowest BCUT2D eigenvalue weighted by atomic mass is 10.2. The van der Waals surface area contributed by atoms with Gasteiger partial charge in [0.15, 0.2) is 0 Å². The van der Waals surface area contributed by atoms with Crippen molar-refractivity contribution in [2.24, 2.45) is 5.84 Å². The van der Waals surface area contributed by atoms with Gasteiger partial charge in [0.2, 0.25) is 5.91 Å². The summed E-state index contributed by atoms with van der Waals surface area (Å²) in [5.74, 6) is 4.25. The lowest BCUT2D eigenvalue weighted by Gasteiger charge is -2.02. The van der Waals surface area contributed by atoms with Crippen molar-refractivity contribution in [3.8, 4) is 6.07 Å². The molecule has 0 fully saturated rings. The first-order valence-corrected chi connectivity index (χ1v) is 2.75. The summed E-state index contributed by atoms with van der Waals surface area (Å²) in [5.41, 5.74) is 1.85. The van der Waals surface area contributed by atoms with Crippen LogP contribution in [0.3, 0.4) is 0 Å². The molecular weight excluding hydrogens is 134 g/mol. The number of nitrogens with zero attached hydrogens (tertiary/aromatic N) is 1. The van der Waals surface area contributed by atoms with Crippen molar-refractivity contribution >= 4 is 5.91 Å². The van der Waals surface area contributed by atoms with Crippen molar-refractivity contribution in [1.29, 1.82) is 5.26 Å². The molecule has 0 spiro atoms. The molecule has 4 N–H and O–H groups in total. The molecule has 0 saturated heterocycles. The molecule has 0 aliphatic carbocycles. The molecule has 0 unspecified atom stereocenters. The molecule has 0 aromatic heterocycles. The largest absolute Gasteiger partial charge is 0.392 e. The van der Waals surface area contributed by atoms with Gasteiger partial charge in [-0.1, -0.05) is 0 Å². The first-order valence-electron chi connectivity index (χ1n) is 2.75. The standard InChI is InChI=1S/C5H9N3O2/c6-2-1-4(9)3-5(10)8-7/h4,9H,1,3,7H2,(H,8,10)/t4-/m1/s1. The molecule has 0 aromatic carbocycles. The number of hydrogen-bond acceptors (Lipinski definition) is 4. The van der Waals surface area contributed by atoms with Gasteiger partial charge in [-0.2, -0.15) is 5.26 Å². The third-order valence-electron chi connectivity index (χ3n) is 0.909. The number of nitrogens with one attached hydrogen (secondary N) is 1. The average Bonchev–Trinajstić information content (AvgIpc) is 1.88. The first kappa shape index (κ1) is 8.88. The predicted octanol–water partition coefficient (Wildman–Crippen LogP) is -1.36. The molecule has 0 radical (unpaired) electrons. The smallest absolute Gasteiger partial charge is 0.236 e. The van der Waals surface area contributed by atoms with Crippen LogP contribution in [0.4, 0.5) is 0 Å². The molecular formula is C5H9N3O2. The number of aliphatic hydroxyl groups excluding tert-OH is 1. The SMILES string of the molecule is N#CC[C@@H](O)CC(=O)NN. The lowest BCUT2D eigenvalue weighted by Crippen LogP contribution is -2.32. The second kappa shape index (κ2) is 4.73. The zero-order valence-electron chi connectivity index (χ0n) is 5.37. The van der Waals surface area contributed by atoms with E-state index in [1.54, 1.807) is 6.07 Å². The highest BCUT2D eigenvalue weighted by molar-refractivity contribution is 5.75. The van der Waals surface area contributed by atoms with E-state index in [4.69, 9.17) is 16.2 Å². The molecule has 1 amide bonds. The number of aliphatic hydroxyl groups is 1. The highest BCUT2D eigenvalue weighted by atomic mass is 16.3. The number of hydrazine groups is 1. The van der Waals surface area contributed by atoms with Gasteiger partial charge in [-0.05, 0) is 0 Å². The van der Waals surface area contributed by atoms with Gasteiger partial charge in [-0.25, -0.2) is 5.84 Å². The number of carbonyl (C=O) groups is 1. The van der Waals surface area contributed by atoms with Gasteiger partial charge in [-0.3, -0.25) is 10.2 Å². The zero-order chi connectivity index (χ0) is 7.98. The van der Waals surface area contributed by atoms with Gasteiger partial charge < -0.3 is 5.11 Å². The maximum Gasteiger partial charge on any atom is 0.236 e. The molecule has 0 aliphatic rings. The summed E-state index contributed by atoms with van der Waals surface area (Å²) in [5, 5.41) is 16.9. The molecule has 0 rings (SSSR count). The predicted molar refractivity (Wildman–Crippen MR) is 33.2 cm³/mol. The Morgan fingerprint density at radius 3 is 2.90 bits per heavy atom. The van der Waals surface area contributed by atoms with Crippen molar-refractivity contribution in [3.05, 3.63) is 0 Å². The van der Waals surface area contributed by atoms with Gasteiger partial charge in [0, 0.05) is 0 Å². The summed E-state index contributed by atoms with van der Waals surface area (Å²) in [6.45, 7) is 0. The number of nitrogens with two attached hydrogens (primary N) is 1. The topological polar surface area (TPSA) is 99.1 Å². The second-order valence-electron chi connectivity index (χ2n) is 1.79. The molecule has 0 aromatic rings. The Kier molecular flexibility index (Phi) is 4.20. The minimum atomic E-state index is -0.909. The minimum absolute atomic E-state index is 0.0482. The summed E-state index contributed by atoms with van der Waals surface area (Å²) < 4.78 is 0. The Bertz CT molecular complexity index is 151. The first-order chi connectivity index (χ1) is 4.70. The Balaban J connectivity index is 3.49. The molecule has 56 valence electrons. The number of amides is 1. The van der Waals surface area contributed by atoms with E-state index in [0.717, 1.165) is 0 Å². The molecule has 0 bridgehead atoms. The van der Waals surface area contributed by atoms with E-state index in [0.29, 0.717) is 0 Å². The molecule has 0 saturated carbocycles. The maximum atomic E-state index is 10.4. The van der Waals surface area contributed by atoms with E-state index in [9.17, 15) is 4.79 Å². The monoisotopic (exact) mass is 143 g/mol. The van der Waals surface area contributed by atoms with E-state index < -0.39 is 12.0 Å². The van der Waals surface area contributed by atoms with Gasteiger partial charge in [0.1, 0.15) is 0 Å². The summed E-state index contributed by atoms with van der Waals surface area (Å²) in [7, 11) is 0. The highest BCUT2D eigenvalue weighted by Crippen LogP contribution is 1.94. The summed E-state index contributed by atoms with van der Waals surface area (Å²) >= 11 is 0. The average molecular weight is 143 g/mol. The lowest BCUT2D eigenvalue weighted by molar-refractivity contribution is -0.122. The maximum absolute atomic E-state index is 10.4.